The second-order valence-corrected chi connectivity index (χ2v) is 5.80. The molecular weight excluding hydrogens is 272 g/mol. The van der Waals surface area contributed by atoms with Crippen LogP contribution >= 0.6 is 11.3 Å². The Balaban J connectivity index is 1.58. The maximum Gasteiger partial charge on any atom is 0.410 e. The lowest BCUT2D eigenvalue weighted by Gasteiger charge is -2.20. The van der Waals surface area contributed by atoms with Crippen LogP contribution in [-0.4, -0.2) is 22.0 Å². The molecule has 1 heterocycles. The maximum atomic E-state index is 12.2. The van der Waals surface area contributed by atoms with Gasteiger partial charge in [-0.05, 0) is 18.4 Å². The SMILES string of the molecule is O=C(OCc1ccccc1)N(Cc1nccs1)C1CC1. The van der Waals surface area contributed by atoms with Gasteiger partial charge in [-0.15, -0.1) is 11.3 Å². The van der Waals surface area contributed by atoms with Crippen molar-refractivity contribution in [3.8, 4) is 0 Å². The van der Waals surface area contributed by atoms with E-state index in [1.54, 1.807) is 22.4 Å². The number of ether oxygens (including phenoxy) is 1. The molecule has 20 heavy (non-hydrogen) atoms. The number of hydrogen-bond donors (Lipinski definition) is 0. The van der Waals surface area contributed by atoms with Gasteiger partial charge in [0.05, 0.1) is 6.54 Å². The topological polar surface area (TPSA) is 42.4 Å². The van der Waals surface area contributed by atoms with Crippen molar-refractivity contribution in [1.82, 2.24) is 9.88 Å². The van der Waals surface area contributed by atoms with E-state index in [9.17, 15) is 4.79 Å². The molecule has 1 saturated carbocycles. The molecule has 1 fully saturated rings. The number of hydrogen-bond acceptors (Lipinski definition) is 4. The molecule has 0 bridgehead atoms. The molecule has 0 saturated heterocycles. The molecule has 1 aliphatic carbocycles. The van der Waals surface area contributed by atoms with E-state index in [-0.39, 0.29) is 6.09 Å². The summed E-state index contributed by atoms with van der Waals surface area (Å²) in [6.45, 7) is 0.872. The summed E-state index contributed by atoms with van der Waals surface area (Å²) < 4.78 is 5.40. The first-order chi connectivity index (χ1) is 9.83. The van der Waals surface area contributed by atoms with E-state index in [1.165, 1.54) is 0 Å². The highest BCUT2D eigenvalue weighted by atomic mass is 32.1. The predicted octanol–water partition coefficient (Wildman–Crippen LogP) is 3.44. The van der Waals surface area contributed by atoms with Gasteiger partial charge in [-0.1, -0.05) is 30.3 Å². The number of nitrogens with zero attached hydrogens (tertiary/aromatic N) is 2. The summed E-state index contributed by atoms with van der Waals surface area (Å²) in [5.74, 6) is 0. The van der Waals surface area contributed by atoms with Crippen LogP contribution in [0.15, 0.2) is 41.9 Å². The summed E-state index contributed by atoms with van der Waals surface area (Å²) >= 11 is 1.57. The minimum atomic E-state index is -0.244. The summed E-state index contributed by atoms with van der Waals surface area (Å²) in [5, 5.41) is 2.88. The highest BCUT2D eigenvalue weighted by Gasteiger charge is 2.34. The maximum absolute atomic E-state index is 12.2. The van der Waals surface area contributed by atoms with Gasteiger partial charge in [-0.3, -0.25) is 4.90 Å². The van der Waals surface area contributed by atoms with Crippen molar-refractivity contribution in [2.75, 3.05) is 0 Å². The second-order valence-electron chi connectivity index (χ2n) is 4.83. The van der Waals surface area contributed by atoms with Crippen molar-refractivity contribution in [3.05, 3.63) is 52.5 Å². The molecule has 0 N–H and O–H groups in total. The molecule has 4 nitrogen and oxygen atoms in total. The van der Waals surface area contributed by atoms with Crippen LogP contribution in [0.4, 0.5) is 4.79 Å². The van der Waals surface area contributed by atoms with Gasteiger partial charge in [-0.2, -0.15) is 0 Å². The van der Waals surface area contributed by atoms with Crippen LogP contribution in [0.25, 0.3) is 0 Å². The normalized spacial score (nSPS) is 14.0. The summed E-state index contributed by atoms with van der Waals surface area (Å²) in [6, 6.07) is 10.1. The van der Waals surface area contributed by atoms with Crippen LogP contribution in [0.3, 0.4) is 0 Å². The summed E-state index contributed by atoms with van der Waals surface area (Å²) in [4.78, 5) is 18.2. The van der Waals surface area contributed by atoms with E-state index < -0.39 is 0 Å². The minimum Gasteiger partial charge on any atom is -0.445 e. The quantitative estimate of drug-likeness (QED) is 0.846. The van der Waals surface area contributed by atoms with Crippen LogP contribution in [0.1, 0.15) is 23.4 Å². The van der Waals surface area contributed by atoms with E-state index in [0.717, 1.165) is 23.4 Å². The molecule has 3 rings (SSSR count). The highest BCUT2D eigenvalue weighted by Crippen LogP contribution is 2.29. The minimum absolute atomic E-state index is 0.244. The van der Waals surface area contributed by atoms with Gasteiger partial charge in [0.15, 0.2) is 0 Å². The Hall–Kier alpha value is -1.88. The average Bonchev–Trinajstić information content (AvgIpc) is 3.20. The van der Waals surface area contributed by atoms with Crippen molar-refractivity contribution in [2.24, 2.45) is 0 Å². The number of rotatable bonds is 5. The largest absolute Gasteiger partial charge is 0.445 e. The number of carbonyl (C=O) groups excluding carboxylic acids is 1. The molecule has 0 aliphatic heterocycles. The summed E-state index contributed by atoms with van der Waals surface area (Å²) in [5.41, 5.74) is 1.01. The van der Waals surface area contributed by atoms with Crippen LogP contribution < -0.4 is 0 Å². The summed E-state index contributed by atoms with van der Waals surface area (Å²) in [7, 11) is 0. The molecule has 0 unspecified atom stereocenters. The third-order valence-electron chi connectivity index (χ3n) is 3.22. The van der Waals surface area contributed by atoms with Gasteiger partial charge in [0.1, 0.15) is 11.6 Å². The fourth-order valence-electron chi connectivity index (χ4n) is 2.01. The number of carbonyl (C=O) groups is 1. The van der Waals surface area contributed by atoms with Crippen LogP contribution in [-0.2, 0) is 17.9 Å². The Bertz CT molecular complexity index is 553. The van der Waals surface area contributed by atoms with E-state index in [1.807, 2.05) is 35.7 Å². The Morgan fingerprint density at radius 2 is 2.15 bits per heavy atom. The molecule has 1 aromatic carbocycles. The van der Waals surface area contributed by atoms with Crippen molar-refractivity contribution in [2.45, 2.75) is 32.0 Å². The van der Waals surface area contributed by atoms with E-state index in [0.29, 0.717) is 19.2 Å². The predicted molar refractivity (Wildman–Crippen MR) is 77.3 cm³/mol. The Kier molecular flexibility index (Phi) is 3.97. The second kappa shape index (κ2) is 6.05. The van der Waals surface area contributed by atoms with Crippen molar-refractivity contribution >= 4 is 17.4 Å². The fourth-order valence-corrected chi connectivity index (χ4v) is 2.62. The number of amides is 1. The van der Waals surface area contributed by atoms with Crippen molar-refractivity contribution < 1.29 is 9.53 Å². The zero-order valence-electron chi connectivity index (χ0n) is 11.1. The first-order valence-corrected chi connectivity index (χ1v) is 7.56. The standard InChI is InChI=1S/C15H16N2O2S/c18-15(19-11-12-4-2-1-3-5-12)17(13-6-7-13)10-14-16-8-9-20-14/h1-5,8-9,13H,6-7,10-11H2. The monoisotopic (exact) mass is 288 g/mol. The Labute approximate surface area is 122 Å². The molecule has 0 radical (unpaired) electrons. The molecule has 5 heteroatoms. The zero-order valence-corrected chi connectivity index (χ0v) is 11.9. The van der Waals surface area contributed by atoms with Gasteiger partial charge >= 0.3 is 6.09 Å². The van der Waals surface area contributed by atoms with Gasteiger partial charge in [0.2, 0.25) is 0 Å². The van der Waals surface area contributed by atoms with Gasteiger partial charge in [0, 0.05) is 17.6 Å². The van der Waals surface area contributed by atoms with Gasteiger partial charge < -0.3 is 4.74 Å². The third kappa shape index (κ3) is 3.36. The van der Waals surface area contributed by atoms with Crippen LogP contribution in [0.2, 0.25) is 0 Å². The number of thiazole rings is 1. The van der Waals surface area contributed by atoms with Crippen LogP contribution in [0, 0.1) is 0 Å². The number of aromatic nitrogens is 1. The molecule has 104 valence electrons. The van der Waals surface area contributed by atoms with E-state index >= 15 is 0 Å². The molecular formula is C15H16N2O2S. The lowest BCUT2D eigenvalue weighted by molar-refractivity contribution is 0.0909. The molecule has 1 aliphatic rings. The fraction of sp³-hybridized carbons (Fsp3) is 0.333. The lowest BCUT2D eigenvalue weighted by atomic mass is 10.2. The molecule has 1 aromatic heterocycles. The third-order valence-corrected chi connectivity index (χ3v) is 3.98. The van der Waals surface area contributed by atoms with Crippen molar-refractivity contribution in [1.29, 1.82) is 0 Å². The zero-order chi connectivity index (χ0) is 13.8. The first kappa shape index (κ1) is 13.1. The summed E-state index contributed by atoms with van der Waals surface area (Å²) in [6.07, 6.45) is 3.64. The Morgan fingerprint density at radius 3 is 2.80 bits per heavy atom. The smallest absolute Gasteiger partial charge is 0.410 e. The highest BCUT2D eigenvalue weighted by molar-refractivity contribution is 7.09. The van der Waals surface area contributed by atoms with Gasteiger partial charge in [0.25, 0.3) is 0 Å². The Morgan fingerprint density at radius 1 is 1.35 bits per heavy atom. The van der Waals surface area contributed by atoms with Crippen molar-refractivity contribution in [3.63, 3.8) is 0 Å². The average molecular weight is 288 g/mol. The molecule has 0 atom stereocenters. The lowest BCUT2D eigenvalue weighted by Crippen LogP contribution is -2.33. The molecule has 2 aromatic rings. The van der Waals surface area contributed by atoms with E-state index in [4.69, 9.17) is 4.74 Å². The number of benzene rings is 1. The molecule has 0 spiro atoms. The van der Waals surface area contributed by atoms with E-state index in [2.05, 4.69) is 4.98 Å². The first-order valence-electron chi connectivity index (χ1n) is 6.68. The van der Waals surface area contributed by atoms with Crippen LogP contribution in [0.5, 0.6) is 0 Å². The van der Waals surface area contributed by atoms with Gasteiger partial charge in [-0.25, -0.2) is 9.78 Å². The molecule has 1 amide bonds.